The molecule has 12 heteroatoms. The second kappa shape index (κ2) is 10.4. The number of aryl methyl sites for hydroxylation is 1. The summed E-state index contributed by atoms with van der Waals surface area (Å²) in [6.45, 7) is 2.01. The molecular formula is C23H19ClF6N4O. The minimum absolute atomic E-state index is 0.0156. The van der Waals surface area contributed by atoms with Crippen LogP contribution in [0.4, 0.5) is 43.5 Å². The van der Waals surface area contributed by atoms with Gasteiger partial charge >= 0.3 is 12.4 Å². The first-order chi connectivity index (χ1) is 16.3. The van der Waals surface area contributed by atoms with E-state index in [0.717, 1.165) is 23.8 Å². The second-order valence-electron chi connectivity index (χ2n) is 7.49. The molecule has 0 unspecified atom stereocenters. The third-order valence-electron chi connectivity index (χ3n) is 4.78. The van der Waals surface area contributed by atoms with Crippen LogP contribution in [-0.2, 0) is 12.4 Å². The maximum Gasteiger partial charge on any atom is 0.417 e. The number of halogens is 7. The van der Waals surface area contributed by atoms with Crippen molar-refractivity contribution in [1.29, 1.82) is 0 Å². The molecular weight excluding hydrogens is 498 g/mol. The fourth-order valence-electron chi connectivity index (χ4n) is 3.06. The number of carbonyl (C=O) groups excluding carboxylic acids is 1. The first-order valence-electron chi connectivity index (χ1n) is 10.1. The van der Waals surface area contributed by atoms with Crippen molar-refractivity contribution in [3.8, 4) is 0 Å². The molecule has 3 rings (SSSR count). The molecule has 0 aliphatic rings. The Labute approximate surface area is 201 Å². The van der Waals surface area contributed by atoms with Gasteiger partial charge in [0.05, 0.1) is 27.5 Å². The standard InChI is InChI=1S/C23H19ClF6N4O/c1-13-3-2-4-14(9-13)21(35)34-19-11-15(22(25,26)27)5-6-18(19)31-7-8-32-20-17(24)10-16(12-33-20)23(28,29)30/h2-6,9-12,31H,7-8H2,1H3,(H,32,33)(H,34,35). The summed E-state index contributed by atoms with van der Waals surface area (Å²) >= 11 is 5.84. The number of nitrogens with one attached hydrogen (secondary N) is 3. The smallest absolute Gasteiger partial charge is 0.382 e. The Bertz CT molecular complexity index is 1210. The predicted octanol–water partition coefficient (Wildman–Crippen LogP) is 6.86. The Morgan fingerprint density at radius 3 is 2.20 bits per heavy atom. The van der Waals surface area contributed by atoms with Gasteiger partial charge in [0.25, 0.3) is 5.91 Å². The van der Waals surface area contributed by atoms with Crippen molar-refractivity contribution in [1.82, 2.24) is 4.98 Å². The van der Waals surface area contributed by atoms with E-state index < -0.39 is 29.4 Å². The molecule has 186 valence electrons. The number of hydrogen-bond donors (Lipinski definition) is 3. The summed E-state index contributed by atoms with van der Waals surface area (Å²) in [5, 5.41) is 7.90. The number of alkyl halides is 6. The molecule has 0 atom stereocenters. The van der Waals surface area contributed by atoms with Crippen molar-refractivity contribution in [3.63, 3.8) is 0 Å². The van der Waals surface area contributed by atoms with Crippen molar-refractivity contribution in [2.75, 3.05) is 29.0 Å². The Balaban J connectivity index is 1.71. The van der Waals surface area contributed by atoms with Crippen molar-refractivity contribution in [2.24, 2.45) is 0 Å². The first kappa shape index (κ1) is 26.1. The summed E-state index contributed by atoms with van der Waals surface area (Å²) in [4.78, 5) is 16.2. The number of anilines is 3. The molecule has 0 radical (unpaired) electrons. The van der Waals surface area contributed by atoms with Gasteiger partial charge in [-0.05, 0) is 43.3 Å². The van der Waals surface area contributed by atoms with Crippen LogP contribution in [0.15, 0.2) is 54.7 Å². The molecule has 0 aliphatic carbocycles. The number of rotatable bonds is 7. The van der Waals surface area contributed by atoms with E-state index in [1.807, 2.05) is 0 Å². The molecule has 3 N–H and O–H groups in total. The van der Waals surface area contributed by atoms with Gasteiger partial charge in [-0.3, -0.25) is 4.79 Å². The minimum atomic E-state index is -4.62. The summed E-state index contributed by atoms with van der Waals surface area (Å²) in [5.74, 6) is -0.572. The van der Waals surface area contributed by atoms with Gasteiger partial charge in [0.1, 0.15) is 5.82 Å². The molecule has 1 amide bonds. The maximum atomic E-state index is 13.2. The van der Waals surface area contributed by atoms with Gasteiger partial charge in [0, 0.05) is 24.8 Å². The quantitative estimate of drug-likeness (QED) is 0.237. The van der Waals surface area contributed by atoms with E-state index in [0.29, 0.717) is 6.20 Å². The largest absolute Gasteiger partial charge is 0.417 e. The third kappa shape index (κ3) is 7.01. The lowest BCUT2D eigenvalue weighted by Crippen LogP contribution is -2.18. The number of amides is 1. The van der Waals surface area contributed by atoms with Crippen LogP contribution in [0.5, 0.6) is 0 Å². The van der Waals surface area contributed by atoms with Crippen LogP contribution in [0, 0.1) is 6.92 Å². The Morgan fingerprint density at radius 2 is 1.57 bits per heavy atom. The van der Waals surface area contributed by atoms with Gasteiger partial charge in [0.2, 0.25) is 0 Å². The normalized spacial score (nSPS) is 11.8. The number of hydrogen-bond acceptors (Lipinski definition) is 4. The Kier molecular flexibility index (Phi) is 7.79. The zero-order valence-corrected chi connectivity index (χ0v) is 18.9. The summed E-state index contributed by atoms with van der Waals surface area (Å²) in [6.07, 6.45) is -8.57. The maximum absolute atomic E-state index is 13.2. The molecule has 0 saturated carbocycles. The summed E-state index contributed by atoms with van der Waals surface area (Å²) in [6, 6.07) is 10.2. The highest BCUT2D eigenvalue weighted by Crippen LogP contribution is 2.35. The van der Waals surface area contributed by atoms with E-state index in [4.69, 9.17) is 11.6 Å². The van der Waals surface area contributed by atoms with Crippen LogP contribution in [0.1, 0.15) is 27.0 Å². The fourth-order valence-corrected chi connectivity index (χ4v) is 3.29. The third-order valence-corrected chi connectivity index (χ3v) is 5.06. The average Bonchev–Trinajstić information content (AvgIpc) is 2.77. The highest BCUT2D eigenvalue weighted by atomic mass is 35.5. The molecule has 0 aliphatic heterocycles. The van der Waals surface area contributed by atoms with E-state index in [2.05, 4.69) is 20.9 Å². The Hall–Kier alpha value is -3.47. The van der Waals surface area contributed by atoms with E-state index >= 15 is 0 Å². The molecule has 0 saturated heterocycles. The van der Waals surface area contributed by atoms with Crippen LogP contribution < -0.4 is 16.0 Å². The fraction of sp³-hybridized carbons (Fsp3) is 0.217. The van der Waals surface area contributed by atoms with Gasteiger partial charge in [0.15, 0.2) is 0 Å². The van der Waals surface area contributed by atoms with Gasteiger partial charge in [-0.2, -0.15) is 26.3 Å². The highest BCUT2D eigenvalue weighted by molar-refractivity contribution is 6.33. The predicted molar refractivity (Wildman–Crippen MR) is 122 cm³/mol. The molecule has 1 aromatic heterocycles. The molecule has 0 spiro atoms. The lowest BCUT2D eigenvalue weighted by Gasteiger charge is -2.17. The van der Waals surface area contributed by atoms with E-state index in [9.17, 15) is 31.1 Å². The monoisotopic (exact) mass is 516 g/mol. The van der Waals surface area contributed by atoms with Crippen LogP contribution >= 0.6 is 11.6 Å². The average molecular weight is 517 g/mol. The summed E-state index contributed by atoms with van der Waals surface area (Å²) in [7, 11) is 0. The number of aromatic nitrogens is 1. The zero-order valence-electron chi connectivity index (χ0n) is 18.1. The molecule has 3 aromatic rings. The van der Waals surface area contributed by atoms with Crippen LogP contribution in [0.25, 0.3) is 0 Å². The minimum Gasteiger partial charge on any atom is -0.382 e. The molecule has 1 heterocycles. The van der Waals surface area contributed by atoms with Crippen molar-refractivity contribution in [2.45, 2.75) is 19.3 Å². The van der Waals surface area contributed by atoms with Crippen molar-refractivity contribution < 1.29 is 31.1 Å². The van der Waals surface area contributed by atoms with Gasteiger partial charge in [-0.25, -0.2) is 4.98 Å². The van der Waals surface area contributed by atoms with E-state index in [1.54, 1.807) is 25.1 Å². The van der Waals surface area contributed by atoms with Crippen LogP contribution in [0.3, 0.4) is 0 Å². The zero-order chi connectivity index (χ0) is 25.8. The van der Waals surface area contributed by atoms with Gasteiger partial charge in [-0.15, -0.1) is 0 Å². The SMILES string of the molecule is Cc1cccc(C(=O)Nc2cc(C(F)(F)F)ccc2NCCNc2ncc(C(F)(F)F)cc2Cl)c1. The molecule has 35 heavy (non-hydrogen) atoms. The lowest BCUT2D eigenvalue weighted by molar-refractivity contribution is -0.138. The molecule has 0 fully saturated rings. The van der Waals surface area contributed by atoms with Crippen molar-refractivity contribution >= 4 is 34.7 Å². The topological polar surface area (TPSA) is 66.1 Å². The highest BCUT2D eigenvalue weighted by Gasteiger charge is 2.32. The van der Waals surface area contributed by atoms with Crippen LogP contribution in [0.2, 0.25) is 5.02 Å². The lowest BCUT2D eigenvalue weighted by atomic mass is 10.1. The number of nitrogens with zero attached hydrogens (tertiary/aromatic N) is 1. The summed E-state index contributed by atoms with van der Waals surface area (Å²) in [5.41, 5.74) is -0.727. The second-order valence-corrected chi connectivity index (χ2v) is 7.89. The van der Waals surface area contributed by atoms with E-state index in [-0.39, 0.29) is 40.9 Å². The Morgan fingerprint density at radius 1 is 0.886 bits per heavy atom. The van der Waals surface area contributed by atoms with Gasteiger partial charge in [-0.1, -0.05) is 29.3 Å². The van der Waals surface area contributed by atoms with Crippen LogP contribution in [-0.4, -0.2) is 24.0 Å². The molecule has 5 nitrogen and oxygen atoms in total. The van der Waals surface area contributed by atoms with Gasteiger partial charge < -0.3 is 16.0 Å². The number of carbonyl (C=O) groups is 1. The number of pyridine rings is 1. The summed E-state index contributed by atoms with van der Waals surface area (Å²) < 4.78 is 77.8. The van der Waals surface area contributed by atoms with Crippen molar-refractivity contribution in [3.05, 3.63) is 82.0 Å². The molecule has 0 bridgehead atoms. The first-order valence-corrected chi connectivity index (χ1v) is 10.5. The molecule has 2 aromatic carbocycles. The number of benzene rings is 2. The van der Waals surface area contributed by atoms with E-state index in [1.165, 1.54) is 12.1 Å².